The Bertz CT molecular complexity index is 418. The predicted molar refractivity (Wildman–Crippen MR) is 92.1 cm³/mol. The second-order valence-electron chi connectivity index (χ2n) is 7.73. The molecule has 0 aliphatic heterocycles. The summed E-state index contributed by atoms with van der Waals surface area (Å²) < 4.78 is 6.23. The Kier molecular flexibility index (Phi) is 6.73. The lowest BCUT2D eigenvalue weighted by atomic mass is 9.87. The van der Waals surface area contributed by atoms with Crippen molar-refractivity contribution in [1.82, 2.24) is 5.32 Å². The molecule has 21 heavy (non-hydrogen) atoms. The lowest BCUT2D eigenvalue weighted by Crippen LogP contribution is -2.37. The number of benzene rings is 1. The topological polar surface area (TPSA) is 21.3 Å². The molecule has 0 fully saturated rings. The Balaban J connectivity index is 2.71. The van der Waals surface area contributed by atoms with E-state index < -0.39 is 0 Å². The zero-order valence-corrected chi connectivity index (χ0v) is 14.9. The van der Waals surface area contributed by atoms with Crippen LogP contribution >= 0.6 is 0 Å². The molecule has 0 aliphatic carbocycles. The molecule has 0 saturated carbocycles. The Hall–Kier alpha value is -1.02. The molecule has 0 heterocycles. The number of hydrogen-bond acceptors (Lipinski definition) is 2. The van der Waals surface area contributed by atoms with Crippen LogP contribution in [0.4, 0.5) is 0 Å². The van der Waals surface area contributed by atoms with E-state index in [2.05, 4.69) is 78.0 Å². The fraction of sp³-hybridized carbons (Fsp3) is 0.684. The van der Waals surface area contributed by atoms with Gasteiger partial charge >= 0.3 is 0 Å². The van der Waals surface area contributed by atoms with E-state index in [1.807, 2.05) is 0 Å². The molecule has 2 nitrogen and oxygen atoms in total. The summed E-state index contributed by atoms with van der Waals surface area (Å²) in [6.07, 6.45) is 0.207. The van der Waals surface area contributed by atoms with Crippen molar-refractivity contribution in [2.24, 2.45) is 11.8 Å². The smallest absolute Gasteiger partial charge is 0.120 e. The molecule has 2 heteroatoms. The Morgan fingerprint density at radius 1 is 1.05 bits per heavy atom. The average molecular weight is 291 g/mol. The molecule has 1 N–H and O–H groups in total. The molecule has 0 spiro atoms. The average Bonchev–Trinajstić information content (AvgIpc) is 2.36. The van der Waals surface area contributed by atoms with Gasteiger partial charge in [-0.3, -0.25) is 0 Å². The highest BCUT2D eigenvalue weighted by Gasteiger charge is 2.18. The van der Waals surface area contributed by atoms with Gasteiger partial charge in [0.15, 0.2) is 0 Å². The second kappa shape index (κ2) is 7.84. The van der Waals surface area contributed by atoms with E-state index in [1.54, 1.807) is 0 Å². The van der Waals surface area contributed by atoms with Gasteiger partial charge in [0.1, 0.15) is 11.9 Å². The summed E-state index contributed by atoms with van der Waals surface area (Å²) in [6, 6.07) is 8.51. The van der Waals surface area contributed by atoms with Gasteiger partial charge < -0.3 is 10.1 Å². The van der Waals surface area contributed by atoms with E-state index in [9.17, 15) is 0 Å². The fourth-order valence-electron chi connectivity index (χ4n) is 2.14. The van der Waals surface area contributed by atoms with E-state index >= 15 is 0 Å². The van der Waals surface area contributed by atoms with E-state index in [4.69, 9.17) is 4.74 Å². The minimum Gasteiger partial charge on any atom is -0.489 e. The predicted octanol–water partition coefficient (Wildman–Crippen LogP) is 4.63. The van der Waals surface area contributed by atoms with Crippen molar-refractivity contribution in [1.29, 1.82) is 0 Å². The van der Waals surface area contributed by atoms with Crippen molar-refractivity contribution in [2.75, 3.05) is 13.1 Å². The molecule has 0 bridgehead atoms. The summed E-state index contributed by atoms with van der Waals surface area (Å²) in [4.78, 5) is 0. The summed E-state index contributed by atoms with van der Waals surface area (Å²) in [5.74, 6) is 2.14. The van der Waals surface area contributed by atoms with Crippen molar-refractivity contribution in [3.05, 3.63) is 29.8 Å². The zero-order chi connectivity index (χ0) is 16.0. The maximum Gasteiger partial charge on any atom is 0.120 e. The fourth-order valence-corrected chi connectivity index (χ4v) is 2.14. The number of rotatable bonds is 7. The quantitative estimate of drug-likeness (QED) is 0.790. The first kappa shape index (κ1) is 18.0. The van der Waals surface area contributed by atoms with Gasteiger partial charge in [-0.2, -0.15) is 0 Å². The largest absolute Gasteiger partial charge is 0.489 e. The molecule has 1 rings (SSSR count). The molecule has 0 aromatic heterocycles. The molecule has 0 saturated heterocycles. The van der Waals surface area contributed by atoms with Crippen LogP contribution in [0.1, 0.15) is 54.0 Å². The van der Waals surface area contributed by atoms with E-state index in [-0.39, 0.29) is 11.5 Å². The molecule has 0 aliphatic rings. The maximum atomic E-state index is 6.23. The van der Waals surface area contributed by atoms with Gasteiger partial charge in [0.25, 0.3) is 0 Å². The lowest BCUT2D eigenvalue weighted by Gasteiger charge is -2.25. The van der Waals surface area contributed by atoms with Crippen molar-refractivity contribution in [3.8, 4) is 5.75 Å². The molecular formula is C19H33NO. The third-order valence-corrected chi connectivity index (χ3v) is 3.63. The SMILES string of the molecule is CC(C)CNCC(Oc1cccc(C(C)(C)C)c1)C(C)C. The van der Waals surface area contributed by atoms with E-state index in [0.717, 1.165) is 18.8 Å². The van der Waals surface area contributed by atoms with Gasteiger partial charge in [0, 0.05) is 6.54 Å². The normalized spacial score (nSPS) is 13.8. The van der Waals surface area contributed by atoms with Crippen LogP contribution in [0.15, 0.2) is 24.3 Å². The summed E-state index contributed by atoms with van der Waals surface area (Å²) in [6.45, 7) is 17.5. The minimum absolute atomic E-state index is 0.155. The van der Waals surface area contributed by atoms with Gasteiger partial charge in [-0.1, -0.05) is 60.6 Å². The van der Waals surface area contributed by atoms with Crippen LogP contribution in [-0.4, -0.2) is 19.2 Å². The Morgan fingerprint density at radius 3 is 2.24 bits per heavy atom. The van der Waals surface area contributed by atoms with Gasteiger partial charge in [-0.25, -0.2) is 0 Å². The molecule has 1 atom stereocenters. The molecule has 1 unspecified atom stereocenters. The highest BCUT2D eigenvalue weighted by Crippen LogP contribution is 2.26. The standard InChI is InChI=1S/C19H33NO/c1-14(2)12-20-13-18(15(3)4)21-17-10-8-9-16(11-17)19(5,6)7/h8-11,14-15,18,20H,12-13H2,1-7H3. The number of ether oxygens (including phenoxy) is 1. The van der Waals surface area contributed by atoms with Crippen LogP contribution in [0, 0.1) is 11.8 Å². The number of nitrogens with one attached hydrogen (secondary N) is 1. The van der Waals surface area contributed by atoms with Crippen LogP contribution in [0.3, 0.4) is 0 Å². The van der Waals surface area contributed by atoms with E-state index in [0.29, 0.717) is 11.8 Å². The molecule has 0 radical (unpaired) electrons. The van der Waals surface area contributed by atoms with Crippen LogP contribution in [0.25, 0.3) is 0 Å². The van der Waals surface area contributed by atoms with Gasteiger partial charge in [0.05, 0.1) is 0 Å². The monoisotopic (exact) mass is 291 g/mol. The second-order valence-corrected chi connectivity index (χ2v) is 7.73. The summed E-state index contributed by atoms with van der Waals surface area (Å²) in [5.41, 5.74) is 1.47. The third kappa shape index (κ3) is 6.52. The Morgan fingerprint density at radius 2 is 1.71 bits per heavy atom. The molecular weight excluding hydrogens is 258 g/mol. The van der Waals surface area contributed by atoms with Crippen molar-refractivity contribution in [3.63, 3.8) is 0 Å². The lowest BCUT2D eigenvalue weighted by molar-refractivity contribution is 0.147. The van der Waals surface area contributed by atoms with Crippen LogP contribution in [0.2, 0.25) is 0 Å². The van der Waals surface area contributed by atoms with Crippen molar-refractivity contribution >= 4 is 0 Å². The highest BCUT2D eigenvalue weighted by atomic mass is 16.5. The van der Waals surface area contributed by atoms with Crippen LogP contribution in [-0.2, 0) is 5.41 Å². The van der Waals surface area contributed by atoms with Crippen LogP contribution in [0.5, 0.6) is 5.75 Å². The van der Waals surface area contributed by atoms with Crippen LogP contribution < -0.4 is 10.1 Å². The molecule has 1 aromatic carbocycles. The maximum absolute atomic E-state index is 6.23. The molecule has 1 aromatic rings. The van der Waals surface area contributed by atoms with Crippen molar-refractivity contribution in [2.45, 2.75) is 60.0 Å². The minimum atomic E-state index is 0.155. The molecule has 120 valence electrons. The third-order valence-electron chi connectivity index (χ3n) is 3.63. The first-order valence-corrected chi connectivity index (χ1v) is 8.18. The summed E-state index contributed by atoms with van der Waals surface area (Å²) >= 11 is 0. The van der Waals surface area contributed by atoms with Crippen molar-refractivity contribution < 1.29 is 4.74 Å². The van der Waals surface area contributed by atoms with E-state index in [1.165, 1.54) is 5.56 Å². The highest BCUT2D eigenvalue weighted by molar-refractivity contribution is 5.32. The number of hydrogen-bond donors (Lipinski definition) is 1. The van der Waals surface area contributed by atoms with Gasteiger partial charge in [-0.15, -0.1) is 0 Å². The zero-order valence-electron chi connectivity index (χ0n) is 14.9. The van der Waals surface area contributed by atoms with Gasteiger partial charge in [-0.05, 0) is 41.5 Å². The molecule has 0 amide bonds. The Labute approximate surface area is 131 Å². The van der Waals surface area contributed by atoms with Gasteiger partial charge in [0.2, 0.25) is 0 Å². The summed E-state index contributed by atoms with van der Waals surface area (Å²) in [5, 5.41) is 3.51. The first-order chi connectivity index (χ1) is 9.70. The summed E-state index contributed by atoms with van der Waals surface area (Å²) in [7, 11) is 0. The first-order valence-electron chi connectivity index (χ1n) is 8.18.